The van der Waals surface area contributed by atoms with E-state index in [1.54, 1.807) is 109 Å². The van der Waals surface area contributed by atoms with Crippen molar-refractivity contribution in [2.45, 2.75) is 109 Å². The Labute approximate surface area is 675 Å². The van der Waals surface area contributed by atoms with Crippen molar-refractivity contribution >= 4 is 111 Å². The lowest BCUT2D eigenvalue weighted by molar-refractivity contribution is -0.116. The first kappa shape index (κ1) is 88.0. The quantitative estimate of drug-likeness (QED) is 0.0327. The van der Waals surface area contributed by atoms with Gasteiger partial charge in [0.1, 0.15) is 18.4 Å². The lowest BCUT2D eigenvalue weighted by atomic mass is 10.0. The second kappa shape index (κ2) is 36.6. The first-order valence-electron chi connectivity index (χ1n) is 34.9. The van der Waals surface area contributed by atoms with E-state index in [4.69, 9.17) is 0 Å². The molecule has 10 aromatic carbocycles. The van der Waals surface area contributed by atoms with E-state index in [0.717, 1.165) is 44.0 Å². The van der Waals surface area contributed by atoms with Crippen LogP contribution in [0.2, 0.25) is 0 Å². The van der Waals surface area contributed by atoms with Crippen molar-refractivity contribution in [3.8, 4) is 17.2 Å². The van der Waals surface area contributed by atoms with Crippen molar-refractivity contribution in [2.75, 3.05) is 24.8 Å². The number of sulfone groups is 3. The molecule has 602 valence electrons. The lowest BCUT2D eigenvalue weighted by Gasteiger charge is -2.16. The van der Waals surface area contributed by atoms with Gasteiger partial charge in [-0.15, -0.1) is 11.3 Å². The summed E-state index contributed by atoms with van der Waals surface area (Å²) in [6.07, 6.45) is 0. The van der Waals surface area contributed by atoms with Gasteiger partial charge in [-0.1, -0.05) is 124 Å². The molecule has 0 bridgehead atoms. The molecule has 0 saturated carbocycles. The molecule has 0 saturated heterocycles. The number of aromatic amines is 1. The molecule has 2 heterocycles. The molecule has 0 aliphatic heterocycles. The maximum Gasteiger partial charge on any atom is 0.329 e. The molecular weight excluding hydrogens is 1620 g/mol. The summed E-state index contributed by atoms with van der Waals surface area (Å²) in [4.78, 5) is 52.5. The largest absolute Gasteiger partial charge is 0.412 e. The van der Waals surface area contributed by atoms with Gasteiger partial charge in [0.2, 0.25) is 5.91 Å². The molecule has 12 aromatic rings. The number of benzene rings is 10. The van der Waals surface area contributed by atoms with Crippen LogP contribution in [0.3, 0.4) is 0 Å². The number of carbonyl (C=O) groups is 2. The van der Waals surface area contributed by atoms with Gasteiger partial charge in [-0.05, 0) is 228 Å². The van der Waals surface area contributed by atoms with Crippen LogP contribution < -0.4 is 36.0 Å². The predicted octanol–water partition coefficient (Wildman–Crippen LogP) is 13.5. The summed E-state index contributed by atoms with van der Waals surface area (Å²) in [6, 6.07) is 60.3. The minimum Gasteiger partial charge on any atom is -0.412 e. The summed E-state index contributed by atoms with van der Waals surface area (Å²) in [5.41, 5.74) is 6.77. The van der Waals surface area contributed by atoms with Gasteiger partial charge >= 0.3 is 5.69 Å². The minimum atomic E-state index is -4.07. The zero-order chi connectivity index (χ0) is 83.5. The molecule has 12 rings (SSSR count). The Morgan fingerprint density at radius 2 is 0.767 bits per heavy atom. The summed E-state index contributed by atoms with van der Waals surface area (Å²) in [6.45, 7) is 13.7. The standard InChI is InChI=1S/C29H30N4O7S2.C28H23FN2O4S2.C26H24N2O5S3.H2O/c1-18-5-10-24(11-6-18)41(37,38)17-22-15-23(30-27(34)16-33-21(4)20(3)28(35)31-29(33)36)9-14-26(22)32-42(39,40)25-12-7-19(2)8-13-25;1-19-3-9-25(10-4-19)36(32,33)18-24-16-22(21-7-13-27(29)23(15-21)17-30)8-14-28(24)31-37(34,35)26-11-5-20(2)6-12-26;1-18-5-10-22(11-6-18)35(30,31)17-20-16-21(27-26(29)25-4-3-15-34-25)9-14-24(20)28-36(32,33)23-12-7-19(2)8-13-23;/h5-15,32H,16-17H2,1-4H3,(H,30,34)(H,31,35,36);3-16,31H,18H2,1-2H3;3-16,28H,17H2,1-2H3,(H,27,29);1H2. The van der Waals surface area contributed by atoms with E-state index < -0.39 is 106 Å². The number of aryl methyl sites for hydroxylation is 6. The number of nitriles is 1. The van der Waals surface area contributed by atoms with Gasteiger partial charge in [0, 0.05) is 22.6 Å². The highest BCUT2D eigenvalue weighted by molar-refractivity contribution is 7.93. The molecular formula is C83H79FN8O17S7. The van der Waals surface area contributed by atoms with Crippen molar-refractivity contribution in [1.82, 2.24) is 9.55 Å². The lowest BCUT2D eigenvalue weighted by Crippen LogP contribution is -2.36. The predicted molar refractivity (Wildman–Crippen MR) is 447 cm³/mol. The molecule has 0 atom stereocenters. The zero-order valence-electron chi connectivity index (χ0n) is 63.5. The third kappa shape index (κ3) is 22.5. The van der Waals surface area contributed by atoms with Gasteiger partial charge in [0.15, 0.2) is 29.5 Å². The third-order valence-corrected chi connectivity index (χ3v) is 28.0. The van der Waals surface area contributed by atoms with Crippen LogP contribution in [0.5, 0.6) is 0 Å². The maximum atomic E-state index is 13.9. The van der Waals surface area contributed by atoms with E-state index >= 15 is 0 Å². The first-order valence-corrected chi connectivity index (χ1v) is 45.2. The average molecular weight is 1700 g/mol. The summed E-state index contributed by atoms with van der Waals surface area (Å²) in [5.74, 6) is -3.15. The Morgan fingerprint density at radius 3 is 1.13 bits per heavy atom. The maximum absolute atomic E-state index is 13.9. The number of aromatic nitrogens is 2. The number of hydrogen-bond donors (Lipinski definition) is 6. The second-order valence-corrected chi connectivity index (χ2v) is 38.9. The van der Waals surface area contributed by atoms with Crippen LogP contribution in [0.25, 0.3) is 11.1 Å². The monoisotopic (exact) mass is 1700 g/mol. The second-order valence-electron chi connectivity index (χ2n) is 26.9. The summed E-state index contributed by atoms with van der Waals surface area (Å²) >= 11 is 1.27. The fraction of sp³-hybridized carbons (Fsp3) is 0.145. The normalized spacial score (nSPS) is 11.6. The molecule has 0 aliphatic rings. The number of sulfonamides is 3. The van der Waals surface area contributed by atoms with Crippen molar-refractivity contribution in [3.63, 3.8) is 0 Å². The minimum absolute atomic E-state index is 0. The van der Waals surface area contributed by atoms with E-state index in [0.29, 0.717) is 27.4 Å². The highest BCUT2D eigenvalue weighted by Gasteiger charge is 2.27. The highest BCUT2D eigenvalue weighted by Crippen LogP contribution is 2.34. The summed E-state index contributed by atoms with van der Waals surface area (Å²) in [5, 5.41) is 16.3. The van der Waals surface area contributed by atoms with Gasteiger partial charge in [0.05, 0.1) is 74.1 Å². The van der Waals surface area contributed by atoms with Gasteiger partial charge < -0.3 is 16.1 Å². The molecule has 0 radical (unpaired) electrons. The number of nitrogens with zero attached hydrogens (tertiary/aromatic N) is 2. The fourth-order valence-electron chi connectivity index (χ4n) is 11.3. The zero-order valence-corrected chi connectivity index (χ0v) is 69.2. The molecule has 33 heteroatoms. The Bertz CT molecular complexity index is 6590. The van der Waals surface area contributed by atoms with Gasteiger partial charge in [0.25, 0.3) is 41.5 Å². The summed E-state index contributed by atoms with van der Waals surface area (Å²) < 4.78 is 180. The van der Waals surface area contributed by atoms with Gasteiger partial charge in [-0.3, -0.25) is 38.1 Å². The molecule has 2 aromatic heterocycles. The Morgan fingerprint density at radius 1 is 0.431 bits per heavy atom. The van der Waals surface area contributed by atoms with Crippen LogP contribution in [0.4, 0.5) is 32.8 Å². The molecule has 0 spiro atoms. The smallest absolute Gasteiger partial charge is 0.329 e. The third-order valence-electron chi connectivity index (χ3n) is 18.0. The first-order chi connectivity index (χ1) is 54.2. The van der Waals surface area contributed by atoms with E-state index in [1.165, 1.54) is 152 Å². The van der Waals surface area contributed by atoms with Gasteiger partial charge in [-0.25, -0.2) is 59.7 Å². The van der Waals surface area contributed by atoms with E-state index in [1.807, 2.05) is 41.5 Å². The molecule has 116 heavy (non-hydrogen) atoms. The number of carbonyl (C=O) groups excluding carboxylic acids is 2. The van der Waals surface area contributed by atoms with Crippen LogP contribution in [-0.4, -0.2) is 77.3 Å². The van der Waals surface area contributed by atoms with Crippen molar-refractivity contribution in [2.24, 2.45) is 0 Å². The van der Waals surface area contributed by atoms with Crippen LogP contribution in [0, 0.1) is 72.5 Å². The highest BCUT2D eigenvalue weighted by atomic mass is 32.2. The van der Waals surface area contributed by atoms with Crippen LogP contribution in [0.1, 0.15) is 76.6 Å². The Balaban J connectivity index is 0.000000199. The van der Waals surface area contributed by atoms with Crippen LogP contribution in [0.15, 0.2) is 275 Å². The number of anilines is 5. The molecule has 0 unspecified atom stereocenters. The molecule has 0 fully saturated rings. The number of amides is 2. The van der Waals surface area contributed by atoms with Crippen molar-refractivity contribution in [1.29, 1.82) is 5.26 Å². The van der Waals surface area contributed by atoms with Gasteiger partial charge in [-0.2, -0.15) is 5.26 Å². The number of nitrogens with one attached hydrogen (secondary N) is 6. The number of rotatable bonds is 24. The molecule has 25 nitrogen and oxygen atoms in total. The van der Waals surface area contributed by atoms with E-state index in [2.05, 4.69) is 29.8 Å². The van der Waals surface area contributed by atoms with E-state index in [-0.39, 0.29) is 91.3 Å². The van der Waals surface area contributed by atoms with Crippen molar-refractivity contribution in [3.05, 3.63) is 334 Å². The molecule has 2 amide bonds. The van der Waals surface area contributed by atoms with Crippen LogP contribution in [-0.2, 0) is 88.2 Å². The fourth-order valence-corrected chi connectivity index (χ4v) is 19.4. The summed E-state index contributed by atoms with van der Waals surface area (Å²) in [7, 11) is -23.6. The molecule has 8 N–H and O–H groups in total. The topological polar surface area (TPSA) is 409 Å². The Kier molecular flexibility index (Phi) is 27.8. The number of halogens is 1. The average Bonchev–Trinajstić information content (AvgIpc) is 0.797. The SMILES string of the molecule is Cc1ccc(S(=O)(=O)Cc2cc(-c3ccc(F)c(C#N)c3)ccc2NS(=O)(=O)c2ccc(C)cc2)cc1.Cc1ccc(S(=O)(=O)Cc2cc(NC(=O)Cn3c(C)c(C)c(=O)[nH]c3=O)ccc2NS(=O)(=O)c2ccc(C)cc2)cc1.Cc1ccc(S(=O)(=O)Cc2cc(NC(=O)c3cccs3)ccc2NS(=O)(=O)c2ccc(C)cc2)cc1.O. The number of thiophene rings is 1. The molecule has 0 aliphatic carbocycles. The van der Waals surface area contributed by atoms with Crippen LogP contribution >= 0.6 is 11.3 Å². The van der Waals surface area contributed by atoms with Crippen molar-refractivity contribution < 1.29 is 70.0 Å². The number of H-pyrrole nitrogens is 1. The number of hydrogen-bond acceptors (Lipinski definition) is 18. The van der Waals surface area contributed by atoms with E-state index in [9.17, 15) is 79.3 Å². The Hall–Kier alpha value is -12.0.